The molecule has 1 aliphatic carbocycles. The van der Waals surface area contributed by atoms with E-state index < -0.39 is 5.41 Å². The van der Waals surface area contributed by atoms with Gasteiger partial charge in [-0.25, -0.2) is 0 Å². The third-order valence-corrected chi connectivity index (χ3v) is 3.71. The number of methoxy groups -OCH3 is 2. The molecule has 1 fully saturated rings. The Morgan fingerprint density at radius 3 is 2.59 bits per heavy atom. The average molecular weight is 234 g/mol. The highest BCUT2D eigenvalue weighted by molar-refractivity contribution is 5.84. The standard InChI is InChI=1S/C14H18O3/c1-16-12-9-6-10-14(12,13(15)17-2)11-7-4-3-5-8-11/h3-5,7-8,12H,6,9-10H2,1-2H3. The molecule has 1 aromatic rings. The van der Waals surface area contributed by atoms with Crippen LogP contribution in [0.15, 0.2) is 30.3 Å². The van der Waals surface area contributed by atoms with Crippen molar-refractivity contribution in [2.75, 3.05) is 14.2 Å². The topological polar surface area (TPSA) is 35.5 Å². The minimum Gasteiger partial charge on any atom is -0.468 e. The van der Waals surface area contributed by atoms with Crippen LogP contribution in [0.1, 0.15) is 24.8 Å². The Bertz CT molecular complexity index is 388. The second kappa shape index (κ2) is 4.88. The maximum absolute atomic E-state index is 12.2. The Hall–Kier alpha value is -1.35. The quantitative estimate of drug-likeness (QED) is 0.753. The zero-order valence-electron chi connectivity index (χ0n) is 10.3. The van der Waals surface area contributed by atoms with Gasteiger partial charge in [-0.1, -0.05) is 30.3 Å². The number of ether oxygens (including phenoxy) is 2. The highest BCUT2D eigenvalue weighted by Gasteiger charge is 2.51. The summed E-state index contributed by atoms with van der Waals surface area (Å²) in [4.78, 5) is 12.2. The van der Waals surface area contributed by atoms with Crippen molar-refractivity contribution in [3.05, 3.63) is 35.9 Å². The van der Waals surface area contributed by atoms with Crippen molar-refractivity contribution in [2.24, 2.45) is 0 Å². The fourth-order valence-electron chi connectivity index (χ4n) is 2.89. The lowest BCUT2D eigenvalue weighted by Crippen LogP contribution is -2.44. The van der Waals surface area contributed by atoms with E-state index in [4.69, 9.17) is 9.47 Å². The van der Waals surface area contributed by atoms with Crippen molar-refractivity contribution < 1.29 is 14.3 Å². The molecule has 2 unspecified atom stereocenters. The molecule has 0 aliphatic heterocycles. The zero-order valence-corrected chi connectivity index (χ0v) is 10.3. The van der Waals surface area contributed by atoms with E-state index in [1.54, 1.807) is 7.11 Å². The molecule has 0 aromatic heterocycles. The van der Waals surface area contributed by atoms with Gasteiger partial charge in [-0.05, 0) is 24.8 Å². The number of benzene rings is 1. The molecule has 17 heavy (non-hydrogen) atoms. The molecular weight excluding hydrogens is 216 g/mol. The van der Waals surface area contributed by atoms with Crippen LogP contribution in [0.5, 0.6) is 0 Å². The van der Waals surface area contributed by atoms with Crippen molar-refractivity contribution >= 4 is 5.97 Å². The SMILES string of the molecule is COC(=O)C1(c2ccccc2)CCCC1OC. The summed E-state index contributed by atoms with van der Waals surface area (Å²) >= 11 is 0. The lowest BCUT2D eigenvalue weighted by Gasteiger charge is -2.32. The molecule has 2 atom stereocenters. The summed E-state index contributed by atoms with van der Waals surface area (Å²) in [6.07, 6.45) is 2.60. The lowest BCUT2D eigenvalue weighted by atomic mass is 9.77. The number of hydrogen-bond acceptors (Lipinski definition) is 3. The van der Waals surface area contributed by atoms with Gasteiger partial charge in [-0.2, -0.15) is 0 Å². The first kappa shape index (κ1) is 12.1. The third-order valence-electron chi connectivity index (χ3n) is 3.71. The van der Waals surface area contributed by atoms with Gasteiger partial charge in [0.1, 0.15) is 5.41 Å². The van der Waals surface area contributed by atoms with Crippen LogP contribution in [-0.4, -0.2) is 26.3 Å². The molecular formula is C14H18O3. The van der Waals surface area contributed by atoms with Gasteiger partial charge in [0.2, 0.25) is 0 Å². The second-order valence-corrected chi connectivity index (χ2v) is 4.45. The summed E-state index contributed by atoms with van der Waals surface area (Å²) in [5, 5.41) is 0. The largest absolute Gasteiger partial charge is 0.468 e. The molecule has 1 aromatic carbocycles. The van der Waals surface area contributed by atoms with Gasteiger partial charge >= 0.3 is 5.97 Å². The number of hydrogen-bond donors (Lipinski definition) is 0. The first-order valence-corrected chi connectivity index (χ1v) is 5.92. The van der Waals surface area contributed by atoms with Crippen LogP contribution in [0.2, 0.25) is 0 Å². The summed E-state index contributed by atoms with van der Waals surface area (Å²) in [7, 11) is 3.11. The average Bonchev–Trinajstić information content (AvgIpc) is 2.83. The normalized spacial score (nSPS) is 28.0. The van der Waals surface area contributed by atoms with Crippen LogP contribution in [0, 0.1) is 0 Å². The number of carbonyl (C=O) groups is 1. The maximum atomic E-state index is 12.2. The Kier molecular flexibility index (Phi) is 3.48. The molecule has 0 saturated heterocycles. The Morgan fingerprint density at radius 1 is 1.29 bits per heavy atom. The van der Waals surface area contributed by atoms with Gasteiger partial charge in [0.05, 0.1) is 13.2 Å². The van der Waals surface area contributed by atoms with Gasteiger partial charge in [0.15, 0.2) is 0 Å². The summed E-state index contributed by atoms with van der Waals surface area (Å²) in [6.45, 7) is 0. The van der Waals surface area contributed by atoms with Crippen LogP contribution in [-0.2, 0) is 19.7 Å². The van der Waals surface area contributed by atoms with E-state index in [-0.39, 0.29) is 12.1 Å². The van der Waals surface area contributed by atoms with Gasteiger partial charge in [-0.15, -0.1) is 0 Å². The Balaban J connectivity index is 2.48. The highest BCUT2D eigenvalue weighted by atomic mass is 16.5. The van der Waals surface area contributed by atoms with Gasteiger partial charge in [0, 0.05) is 7.11 Å². The van der Waals surface area contributed by atoms with Gasteiger partial charge in [-0.3, -0.25) is 4.79 Å². The Labute approximate surface area is 102 Å². The van der Waals surface area contributed by atoms with Crippen LogP contribution in [0.3, 0.4) is 0 Å². The first-order valence-electron chi connectivity index (χ1n) is 5.92. The number of rotatable bonds is 3. The number of esters is 1. The van der Waals surface area contributed by atoms with Crippen LogP contribution < -0.4 is 0 Å². The lowest BCUT2D eigenvalue weighted by molar-refractivity contribution is -0.152. The molecule has 0 N–H and O–H groups in total. The van der Waals surface area contributed by atoms with Gasteiger partial charge in [0.25, 0.3) is 0 Å². The van der Waals surface area contributed by atoms with Crippen LogP contribution >= 0.6 is 0 Å². The molecule has 0 bridgehead atoms. The molecule has 1 saturated carbocycles. The minimum atomic E-state index is -0.620. The summed E-state index contributed by atoms with van der Waals surface area (Å²) in [5.41, 5.74) is 0.376. The second-order valence-electron chi connectivity index (χ2n) is 4.45. The summed E-state index contributed by atoms with van der Waals surface area (Å²) < 4.78 is 10.5. The molecule has 0 radical (unpaired) electrons. The molecule has 3 heteroatoms. The molecule has 0 amide bonds. The van der Waals surface area contributed by atoms with Crippen molar-refractivity contribution in [1.82, 2.24) is 0 Å². The van der Waals surface area contributed by atoms with E-state index in [0.717, 1.165) is 24.8 Å². The summed E-state index contributed by atoms with van der Waals surface area (Å²) in [5.74, 6) is -0.187. The molecule has 92 valence electrons. The van der Waals surface area contributed by atoms with Crippen molar-refractivity contribution in [1.29, 1.82) is 0 Å². The fourth-order valence-corrected chi connectivity index (χ4v) is 2.89. The van der Waals surface area contributed by atoms with E-state index in [2.05, 4.69) is 0 Å². The van der Waals surface area contributed by atoms with E-state index in [0.29, 0.717) is 0 Å². The maximum Gasteiger partial charge on any atom is 0.318 e. The first-order chi connectivity index (χ1) is 8.25. The van der Waals surface area contributed by atoms with Crippen molar-refractivity contribution in [3.63, 3.8) is 0 Å². The zero-order chi connectivity index (χ0) is 12.3. The molecule has 1 aliphatic rings. The fraction of sp³-hybridized carbons (Fsp3) is 0.500. The van der Waals surface area contributed by atoms with Crippen molar-refractivity contribution in [2.45, 2.75) is 30.8 Å². The monoisotopic (exact) mass is 234 g/mol. The molecule has 0 heterocycles. The van der Waals surface area contributed by atoms with Crippen molar-refractivity contribution in [3.8, 4) is 0 Å². The van der Waals surface area contributed by atoms with E-state index in [1.165, 1.54) is 7.11 Å². The van der Waals surface area contributed by atoms with Gasteiger partial charge < -0.3 is 9.47 Å². The van der Waals surface area contributed by atoms with Crippen LogP contribution in [0.4, 0.5) is 0 Å². The van der Waals surface area contributed by atoms with E-state index in [1.807, 2.05) is 30.3 Å². The highest BCUT2D eigenvalue weighted by Crippen LogP contribution is 2.43. The predicted molar refractivity (Wildman–Crippen MR) is 64.8 cm³/mol. The number of carbonyl (C=O) groups excluding carboxylic acids is 1. The van der Waals surface area contributed by atoms with E-state index >= 15 is 0 Å². The minimum absolute atomic E-state index is 0.0858. The smallest absolute Gasteiger partial charge is 0.318 e. The third kappa shape index (κ3) is 1.84. The Morgan fingerprint density at radius 2 is 2.00 bits per heavy atom. The summed E-state index contributed by atoms with van der Waals surface area (Å²) in [6, 6.07) is 9.81. The molecule has 2 rings (SSSR count). The van der Waals surface area contributed by atoms with E-state index in [9.17, 15) is 4.79 Å². The predicted octanol–water partition coefficient (Wildman–Crippen LogP) is 2.30. The molecule has 3 nitrogen and oxygen atoms in total. The molecule has 0 spiro atoms. The van der Waals surface area contributed by atoms with Crippen LogP contribution in [0.25, 0.3) is 0 Å².